The van der Waals surface area contributed by atoms with Gasteiger partial charge in [0, 0.05) is 11.8 Å². The first-order chi connectivity index (χ1) is 11.8. The molecule has 0 saturated heterocycles. The van der Waals surface area contributed by atoms with Gasteiger partial charge in [0.05, 0.1) is 6.54 Å². The standard InChI is InChI=1S/C19H15N3O2/c20-11-12-24-19(23)17-14-22(13-15-7-3-1-4-8-15)21-18(17)16-9-5-2-6-10-16/h1-10,14H,12-13H2. The summed E-state index contributed by atoms with van der Waals surface area (Å²) in [5.74, 6) is -0.547. The number of rotatable bonds is 5. The number of benzene rings is 2. The summed E-state index contributed by atoms with van der Waals surface area (Å²) < 4.78 is 6.66. The van der Waals surface area contributed by atoms with Gasteiger partial charge >= 0.3 is 5.97 Å². The lowest BCUT2D eigenvalue weighted by Gasteiger charge is -2.01. The zero-order chi connectivity index (χ0) is 16.8. The topological polar surface area (TPSA) is 67.9 Å². The fourth-order valence-electron chi connectivity index (χ4n) is 2.41. The van der Waals surface area contributed by atoms with Gasteiger partial charge in [-0.3, -0.25) is 4.68 Å². The van der Waals surface area contributed by atoms with Crippen LogP contribution in [0.4, 0.5) is 0 Å². The van der Waals surface area contributed by atoms with Crippen LogP contribution in [0.5, 0.6) is 0 Å². The molecule has 0 aliphatic carbocycles. The number of nitriles is 1. The van der Waals surface area contributed by atoms with Crippen molar-refractivity contribution in [3.05, 3.63) is 78.0 Å². The van der Waals surface area contributed by atoms with E-state index in [-0.39, 0.29) is 6.61 Å². The van der Waals surface area contributed by atoms with Crippen molar-refractivity contribution in [3.8, 4) is 17.3 Å². The predicted molar refractivity (Wildman–Crippen MR) is 89.1 cm³/mol. The van der Waals surface area contributed by atoms with Crippen LogP contribution in [0, 0.1) is 11.3 Å². The smallest absolute Gasteiger partial charge is 0.343 e. The molecule has 3 rings (SSSR count). The Morgan fingerprint density at radius 3 is 2.42 bits per heavy atom. The molecule has 5 nitrogen and oxygen atoms in total. The van der Waals surface area contributed by atoms with Crippen molar-refractivity contribution in [2.75, 3.05) is 6.61 Å². The molecule has 24 heavy (non-hydrogen) atoms. The molecule has 0 fully saturated rings. The summed E-state index contributed by atoms with van der Waals surface area (Å²) in [5, 5.41) is 13.1. The third-order valence-corrected chi connectivity index (χ3v) is 3.48. The van der Waals surface area contributed by atoms with Crippen LogP contribution in [0.1, 0.15) is 15.9 Å². The van der Waals surface area contributed by atoms with E-state index in [1.54, 1.807) is 16.9 Å². The second-order valence-electron chi connectivity index (χ2n) is 5.17. The number of carbonyl (C=O) groups excluding carboxylic acids is 1. The van der Waals surface area contributed by atoms with E-state index in [0.717, 1.165) is 11.1 Å². The molecule has 0 spiro atoms. The highest BCUT2D eigenvalue weighted by Gasteiger charge is 2.19. The largest absolute Gasteiger partial charge is 0.447 e. The number of ether oxygens (including phenoxy) is 1. The molecule has 0 amide bonds. The van der Waals surface area contributed by atoms with E-state index in [9.17, 15) is 4.79 Å². The molecular formula is C19H15N3O2. The Kier molecular flexibility index (Phi) is 4.68. The van der Waals surface area contributed by atoms with Crippen LogP contribution >= 0.6 is 0 Å². The molecule has 0 saturated carbocycles. The van der Waals surface area contributed by atoms with Crippen LogP contribution in [0.25, 0.3) is 11.3 Å². The monoisotopic (exact) mass is 317 g/mol. The Bertz CT molecular complexity index is 865. The summed E-state index contributed by atoms with van der Waals surface area (Å²) in [6, 6.07) is 21.1. The second kappa shape index (κ2) is 7.25. The van der Waals surface area contributed by atoms with Gasteiger partial charge < -0.3 is 4.74 Å². The summed E-state index contributed by atoms with van der Waals surface area (Å²) in [4.78, 5) is 12.2. The highest BCUT2D eigenvalue weighted by Crippen LogP contribution is 2.23. The van der Waals surface area contributed by atoms with Gasteiger partial charge in [0.15, 0.2) is 6.61 Å². The van der Waals surface area contributed by atoms with E-state index in [4.69, 9.17) is 10.00 Å². The van der Waals surface area contributed by atoms with E-state index in [2.05, 4.69) is 5.10 Å². The van der Waals surface area contributed by atoms with Gasteiger partial charge in [-0.2, -0.15) is 10.4 Å². The minimum Gasteiger partial charge on any atom is -0.447 e. The first kappa shape index (κ1) is 15.5. The number of nitrogens with zero attached hydrogens (tertiary/aromatic N) is 3. The van der Waals surface area contributed by atoms with E-state index >= 15 is 0 Å². The van der Waals surface area contributed by atoms with Crippen LogP contribution in [0.2, 0.25) is 0 Å². The summed E-state index contributed by atoms with van der Waals surface area (Å²) in [6.45, 7) is 0.267. The van der Waals surface area contributed by atoms with E-state index < -0.39 is 5.97 Å². The zero-order valence-electron chi connectivity index (χ0n) is 12.9. The fraction of sp³-hybridized carbons (Fsp3) is 0.105. The van der Waals surface area contributed by atoms with Crippen molar-refractivity contribution in [1.29, 1.82) is 5.26 Å². The van der Waals surface area contributed by atoms with Gasteiger partial charge in [-0.25, -0.2) is 4.79 Å². The predicted octanol–water partition coefficient (Wildman–Crippen LogP) is 3.28. The van der Waals surface area contributed by atoms with Gasteiger partial charge in [-0.1, -0.05) is 60.7 Å². The second-order valence-corrected chi connectivity index (χ2v) is 5.17. The molecule has 0 radical (unpaired) electrons. The number of aromatic nitrogens is 2. The number of esters is 1. The Morgan fingerprint density at radius 1 is 1.08 bits per heavy atom. The SMILES string of the molecule is N#CCOC(=O)c1cn(Cc2ccccc2)nc1-c1ccccc1. The van der Waals surface area contributed by atoms with Gasteiger partial charge in [-0.15, -0.1) is 0 Å². The first-order valence-electron chi connectivity index (χ1n) is 7.49. The summed E-state index contributed by atoms with van der Waals surface area (Å²) in [6.07, 6.45) is 1.66. The lowest BCUT2D eigenvalue weighted by Crippen LogP contribution is -2.05. The minimum absolute atomic E-state index is 0.281. The summed E-state index contributed by atoms with van der Waals surface area (Å²) >= 11 is 0. The van der Waals surface area contributed by atoms with Crippen LogP contribution in [-0.2, 0) is 11.3 Å². The molecule has 0 atom stereocenters. The van der Waals surface area contributed by atoms with Crippen molar-refractivity contribution in [2.45, 2.75) is 6.54 Å². The first-order valence-corrected chi connectivity index (χ1v) is 7.49. The third-order valence-electron chi connectivity index (χ3n) is 3.48. The zero-order valence-corrected chi connectivity index (χ0v) is 12.9. The van der Waals surface area contributed by atoms with Crippen molar-refractivity contribution < 1.29 is 9.53 Å². The number of carbonyl (C=O) groups is 1. The molecule has 0 bridgehead atoms. The Hall–Kier alpha value is -3.39. The van der Waals surface area contributed by atoms with Crippen molar-refractivity contribution in [2.24, 2.45) is 0 Å². The Morgan fingerprint density at radius 2 is 1.75 bits per heavy atom. The maximum absolute atomic E-state index is 12.2. The number of hydrogen-bond donors (Lipinski definition) is 0. The highest BCUT2D eigenvalue weighted by molar-refractivity contribution is 5.96. The van der Waals surface area contributed by atoms with Crippen LogP contribution in [0.15, 0.2) is 66.9 Å². The molecule has 0 unspecified atom stereocenters. The third kappa shape index (κ3) is 3.50. The van der Waals surface area contributed by atoms with Gasteiger partial charge in [-0.05, 0) is 5.56 Å². The minimum atomic E-state index is -0.547. The van der Waals surface area contributed by atoms with E-state index in [0.29, 0.717) is 17.8 Å². The molecule has 118 valence electrons. The van der Waals surface area contributed by atoms with Crippen LogP contribution in [-0.4, -0.2) is 22.4 Å². The Balaban J connectivity index is 1.96. The Labute approximate surface area is 139 Å². The average molecular weight is 317 g/mol. The normalized spacial score (nSPS) is 10.1. The molecule has 3 aromatic rings. The average Bonchev–Trinajstić information content (AvgIpc) is 3.05. The lowest BCUT2D eigenvalue weighted by molar-refractivity contribution is 0.0556. The van der Waals surface area contributed by atoms with Crippen molar-refractivity contribution in [1.82, 2.24) is 9.78 Å². The summed E-state index contributed by atoms with van der Waals surface area (Å²) in [7, 11) is 0. The van der Waals surface area contributed by atoms with Gasteiger partial charge in [0.2, 0.25) is 0 Å². The highest BCUT2D eigenvalue weighted by atomic mass is 16.5. The van der Waals surface area contributed by atoms with Crippen molar-refractivity contribution in [3.63, 3.8) is 0 Å². The molecular weight excluding hydrogens is 302 g/mol. The van der Waals surface area contributed by atoms with Gasteiger partial charge in [0.25, 0.3) is 0 Å². The van der Waals surface area contributed by atoms with Crippen LogP contribution < -0.4 is 0 Å². The molecule has 1 aromatic heterocycles. The molecule has 0 aliphatic heterocycles. The maximum Gasteiger partial charge on any atom is 0.343 e. The van der Waals surface area contributed by atoms with E-state index in [1.165, 1.54) is 0 Å². The van der Waals surface area contributed by atoms with Crippen molar-refractivity contribution >= 4 is 5.97 Å². The molecule has 1 heterocycles. The van der Waals surface area contributed by atoms with E-state index in [1.807, 2.05) is 60.7 Å². The molecule has 0 N–H and O–H groups in total. The lowest BCUT2D eigenvalue weighted by atomic mass is 10.1. The quantitative estimate of drug-likeness (QED) is 0.677. The maximum atomic E-state index is 12.2. The number of hydrogen-bond acceptors (Lipinski definition) is 4. The molecule has 5 heteroatoms. The fourth-order valence-corrected chi connectivity index (χ4v) is 2.41. The summed E-state index contributed by atoms with van der Waals surface area (Å²) in [5.41, 5.74) is 2.81. The van der Waals surface area contributed by atoms with Gasteiger partial charge in [0.1, 0.15) is 17.3 Å². The molecule has 0 aliphatic rings. The van der Waals surface area contributed by atoms with Crippen LogP contribution in [0.3, 0.4) is 0 Å². The molecule has 2 aromatic carbocycles.